The molecule has 4 aliphatic heterocycles. The Hall–Kier alpha value is -9.12. The third-order valence-electron chi connectivity index (χ3n) is 13.4. The number of fused-ring (bicyclic) bond motifs is 4. The van der Waals surface area contributed by atoms with E-state index in [1.54, 1.807) is 87.3 Å². The summed E-state index contributed by atoms with van der Waals surface area (Å²) in [6, 6.07) is 31.6. The van der Waals surface area contributed by atoms with Crippen molar-refractivity contribution in [3.63, 3.8) is 0 Å². The largest absolute Gasteiger partial charge is 0.486 e. The van der Waals surface area contributed by atoms with Gasteiger partial charge in [-0.25, -0.2) is 22.9 Å². The van der Waals surface area contributed by atoms with Crippen molar-refractivity contribution < 1.29 is 69.6 Å². The molecular formula is C56H48F6N8O9. The van der Waals surface area contributed by atoms with Gasteiger partial charge in [0.1, 0.15) is 38.1 Å². The van der Waals surface area contributed by atoms with Gasteiger partial charge in [-0.05, 0) is 120 Å². The number of aromatic nitrogens is 4. The maximum absolute atomic E-state index is 13.8. The van der Waals surface area contributed by atoms with E-state index in [4.69, 9.17) is 29.8 Å². The van der Waals surface area contributed by atoms with Gasteiger partial charge >= 0.3 is 17.8 Å². The number of nitrogens with zero attached hydrogens (tertiary/aromatic N) is 6. The smallest absolute Gasteiger partial charge is 0.374 e. The van der Waals surface area contributed by atoms with Crippen molar-refractivity contribution in [2.45, 2.75) is 62.7 Å². The number of alkyl halides is 4. The molecule has 0 radical (unpaired) electrons. The number of nitrogens with two attached hydrogens (primary N) is 1. The van der Waals surface area contributed by atoms with Crippen molar-refractivity contribution in [1.82, 2.24) is 24.9 Å². The lowest BCUT2D eigenvalue weighted by Crippen LogP contribution is -2.46. The van der Waals surface area contributed by atoms with Crippen molar-refractivity contribution in [2.24, 2.45) is 5.73 Å². The Kier molecular flexibility index (Phi) is 14.4. The first kappa shape index (κ1) is 53.3. The van der Waals surface area contributed by atoms with E-state index >= 15 is 0 Å². The average molecular weight is 1090 g/mol. The van der Waals surface area contributed by atoms with E-state index < -0.39 is 35.8 Å². The van der Waals surface area contributed by atoms with Gasteiger partial charge in [0.05, 0.1) is 52.9 Å². The van der Waals surface area contributed by atoms with E-state index in [1.807, 2.05) is 36.4 Å². The van der Waals surface area contributed by atoms with Crippen LogP contribution in [0.5, 0.6) is 23.0 Å². The Morgan fingerprint density at radius 2 is 0.975 bits per heavy atom. The zero-order valence-electron chi connectivity index (χ0n) is 42.0. The van der Waals surface area contributed by atoms with Crippen LogP contribution >= 0.6 is 0 Å². The van der Waals surface area contributed by atoms with E-state index in [1.165, 1.54) is 29.2 Å². The number of amides is 3. The number of carbonyl (C=O) groups is 4. The maximum Gasteiger partial charge on any atom is 0.374 e. The number of benzene rings is 6. The van der Waals surface area contributed by atoms with Crippen LogP contribution in [-0.4, -0.2) is 98.7 Å². The molecule has 79 heavy (non-hydrogen) atoms. The van der Waals surface area contributed by atoms with Crippen LogP contribution in [0.4, 0.5) is 37.7 Å². The summed E-state index contributed by atoms with van der Waals surface area (Å²) < 4.78 is 103. The first-order chi connectivity index (χ1) is 37.7. The molecule has 0 bridgehead atoms. The van der Waals surface area contributed by atoms with Gasteiger partial charge in [-0.1, -0.05) is 12.1 Å². The van der Waals surface area contributed by atoms with Crippen molar-refractivity contribution in [1.29, 1.82) is 0 Å². The van der Waals surface area contributed by atoms with Gasteiger partial charge in [-0.3, -0.25) is 14.4 Å². The first-order valence-corrected chi connectivity index (χ1v) is 24.7. The van der Waals surface area contributed by atoms with Gasteiger partial charge in [0.2, 0.25) is 11.8 Å². The van der Waals surface area contributed by atoms with Gasteiger partial charge in [0.25, 0.3) is 5.91 Å². The van der Waals surface area contributed by atoms with E-state index in [9.17, 15) is 45.5 Å². The molecule has 6 aromatic carbocycles. The van der Waals surface area contributed by atoms with Crippen LogP contribution in [0.15, 0.2) is 134 Å². The molecule has 0 unspecified atom stereocenters. The number of ether oxygens (including phenoxy) is 4. The number of anilines is 2. The number of halogens is 6. The predicted molar refractivity (Wildman–Crippen MR) is 275 cm³/mol. The number of carboxylic acid groups (broad SMARTS) is 1. The van der Waals surface area contributed by atoms with E-state index in [-0.39, 0.29) is 48.4 Å². The SMILES string of the molecule is CC(F)(F)C(=O)N[C@H]1CC(=O)N(c2ccc3c(cnn3-c3ccc(F)cc3)c2)[C@@H]1c1ccc2c(c1)OCCO2.CC(F)(F)C(=O)O.N[C@H]1CC(=O)N(c2ccc3c(cnn3-c3ccc(F)cc3)c2)[C@@H]1c1ccc2c(c1)OCCO2. The molecule has 23 heteroatoms. The van der Waals surface area contributed by atoms with E-state index in [0.29, 0.717) is 85.6 Å². The molecule has 12 rings (SSSR count). The molecule has 0 aliphatic carbocycles. The van der Waals surface area contributed by atoms with E-state index in [2.05, 4.69) is 15.5 Å². The lowest BCUT2D eigenvalue weighted by Gasteiger charge is -2.30. The molecule has 0 spiro atoms. The number of carboxylic acids is 1. The zero-order chi connectivity index (χ0) is 55.9. The fraction of sp³-hybridized carbons (Fsp3) is 0.250. The second-order valence-corrected chi connectivity index (χ2v) is 19.0. The summed E-state index contributed by atoms with van der Waals surface area (Å²) in [4.78, 5) is 51.1. The molecule has 8 aromatic rings. The lowest BCUT2D eigenvalue weighted by molar-refractivity contribution is -0.162. The minimum absolute atomic E-state index is 0.0346. The molecule has 4 atom stereocenters. The summed E-state index contributed by atoms with van der Waals surface area (Å²) in [6.07, 6.45) is 3.44. The van der Waals surface area contributed by atoms with Gasteiger partial charge in [-0.15, -0.1) is 0 Å². The van der Waals surface area contributed by atoms with Crippen LogP contribution in [0.3, 0.4) is 0 Å². The Morgan fingerprint density at radius 1 is 0.570 bits per heavy atom. The molecule has 2 aromatic heterocycles. The van der Waals surface area contributed by atoms with E-state index in [0.717, 1.165) is 33.4 Å². The molecular weight excluding hydrogens is 1040 g/mol. The molecule has 2 saturated heterocycles. The highest BCUT2D eigenvalue weighted by Crippen LogP contribution is 2.44. The number of aliphatic carboxylic acids is 1. The second-order valence-electron chi connectivity index (χ2n) is 19.0. The van der Waals surface area contributed by atoms with Gasteiger partial charge in [0, 0.05) is 54.9 Å². The highest BCUT2D eigenvalue weighted by Gasteiger charge is 2.46. The number of nitrogens with one attached hydrogen (secondary N) is 1. The van der Waals surface area contributed by atoms with Crippen molar-refractivity contribution in [3.05, 3.63) is 156 Å². The van der Waals surface area contributed by atoms with Crippen LogP contribution < -0.4 is 39.8 Å². The molecule has 2 fully saturated rings. The zero-order valence-corrected chi connectivity index (χ0v) is 42.0. The van der Waals surface area contributed by atoms with Crippen LogP contribution in [0, 0.1) is 11.6 Å². The number of carbonyl (C=O) groups excluding carboxylic acids is 3. The van der Waals surface area contributed by atoms with Crippen LogP contribution in [-0.2, 0) is 19.2 Å². The maximum atomic E-state index is 13.8. The fourth-order valence-corrected chi connectivity index (χ4v) is 9.71. The Labute approximate surface area is 445 Å². The third kappa shape index (κ3) is 11.1. The molecule has 408 valence electrons. The summed E-state index contributed by atoms with van der Waals surface area (Å²) >= 11 is 0. The Morgan fingerprint density at radius 3 is 1.42 bits per heavy atom. The number of hydrogen-bond donors (Lipinski definition) is 3. The summed E-state index contributed by atoms with van der Waals surface area (Å²) in [5.74, 6) is -9.40. The topological polar surface area (TPSA) is 206 Å². The number of hydrogen-bond acceptors (Lipinski definition) is 11. The van der Waals surface area contributed by atoms with Crippen LogP contribution in [0.25, 0.3) is 33.2 Å². The second kappa shape index (κ2) is 21.4. The summed E-state index contributed by atoms with van der Waals surface area (Å²) in [6.45, 7) is 2.60. The lowest BCUT2D eigenvalue weighted by atomic mass is 9.98. The quantitative estimate of drug-likeness (QED) is 0.116. The van der Waals surface area contributed by atoms with Crippen molar-refractivity contribution in [3.8, 4) is 34.4 Å². The van der Waals surface area contributed by atoms with Crippen molar-refractivity contribution in [2.75, 3.05) is 36.2 Å². The van der Waals surface area contributed by atoms with Gasteiger partial charge in [-0.2, -0.15) is 27.8 Å². The third-order valence-corrected chi connectivity index (χ3v) is 13.4. The fourth-order valence-electron chi connectivity index (χ4n) is 9.71. The monoisotopic (exact) mass is 1090 g/mol. The molecule has 3 amide bonds. The van der Waals surface area contributed by atoms with Crippen LogP contribution in [0.1, 0.15) is 49.9 Å². The minimum Gasteiger partial charge on any atom is -0.486 e. The standard InChI is InChI=1S/C28H23F3N4O4.C25H21FN4O3.C3H4F2O2/c1-28(30,31)27(37)33-21-14-25(36)34(26(21)16-2-9-23-24(13-16)39-11-10-38-23)20-7-8-22-17(12-20)15-32-35(22)19-5-3-18(29)4-6-19;26-17-2-4-18(5-3-17)30-21-7-6-19(11-16(21)14-28-30)29-24(31)13-20(27)25(29)15-1-8-22-23(12-15)33-10-9-32-22;1-3(4,5)2(6)7/h2-9,12-13,15,21,26H,10-11,14H2,1H3,(H,33,37);1-8,11-12,14,20,25H,9-10,13,27H2;1H3,(H,6,7)/t21-,26+;20-,25+;/m00./s1. The van der Waals surface area contributed by atoms with Crippen molar-refractivity contribution >= 4 is 56.9 Å². The summed E-state index contributed by atoms with van der Waals surface area (Å²) in [5.41, 5.74) is 12.2. The van der Waals surface area contributed by atoms with Crippen LogP contribution in [0.2, 0.25) is 0 Å². The Bertz CT molecular complexity index is 3620. The minimum atomic E-state index is -3.61. The summed E-state index contributed by atoms with van der Waals surface area (Å²) in [5, 5.41) is 20.3. The predicted octanol–water partition coefficient (Wildman–Crippen LogP) is 9.02. The van der Waals surface area contributed by atoms with Gasteiger partial charge < -0.3 is 44.9 Å². The molecule has 17 nitrogen and oxygen atoms in total. The first-order valence-electron chi connectivity index (χ1n) is 24.7. The Balaban J connectivity index is 0.000000161. The molecule has 0 saturated carbocycles. The highest BCUT2D eigenvalue weighted by atomic mass is 19.3. The molecule has 4 aliphatic rings. The molecule has 4 N–H and O–H groups in total. The average Bonchev–Trinajstić information content (AvgIpc) is 4.40. The van der Waals surface area contributed by atoms with Gasteiger partial charge in [0.15, 0.2) is 23.0 Å². The number of rotatable bonds is 9. The summed E-state index contributed by atoms with van der Waals surface area (Å²) in [7, 11) is 0. The normalized spacial score (nSPS) is 18.7. The highest BCUT2D eigenvalue weighted by molar-refractivity contribution is 6.01. The molecule has 6 heterocycles.